The van der Waals surface area contributed by atoms with Crippen molar-refractivity contribution in [3.8, 4) is 0 Å². The first-order chi connectivity index (χ1) is 9.62. The Balaban J connectivity index is 2.22. The molecule has 20 heavy (non-hydrogen) atoms. The maximum atomic E-state index is 5.48. The monoisotopic (exact) mass is 270 g/mol. The van der Waals surface area contributed by atoms with Crippen molar-refractivity contribution in [2.75, 3.05) is 13.7 Å². The van der Waals surface area contributed by atoms with Crippen LogP contribution in [0.5, 0.6) is 0 Å². The number of pyridine rings is 1. The van der Waals surface area contributed by atoms with Crippen LogP contribution in [0.15, 0.2) is 54.9 Å². The first-order valence-corrected chi connectivity index (χ1v) is 6.86. The molecule has 0 fully saturated rings. The number of nitrogens with one attached hydrogen (secondary N) is 1. The lowest BCUT2D eigenvalue weighted by Crippen LogP contribution is -2.38. The summed E-state index contributed by atoms with van der Waals surface area (Å²) in [6.07, 6.45) is 3.66. The molecule has 0 saturated heterocycles. The zero-order valence-electron chi connectivity index (χ0n) is 12.3. The molecule has 0 saturated carbocycles. The molecule has 0 aliphatic heterocycles. The Hall–Kier alpha value is -1.71. The summed E-state index contributed by atoms with van der Waals surface area (Å²) >= 11 is 0. The third-order valence-electron chi connectivity index (χ3n) is 3.46. The molecule has 1 N–H and O–H groups in total. The summed E-state index contributed by atoms with van der Waals surface area (Å²) < 4.78 is 5.48. The highest BCUT2D eigenvalue weighted by molar-refractivity contribution is 5.30. The molecule has 3 heteroatoms. The van der Waals surface area contributed by atoms with Gasteiger partial charge in [0.25, 0.3) is 0 Å². The lowest BCUT2D eigenvalue weighted by Gasteiger charge is -2.27. The smallest absolute Gasteiger partial charge is 0.0746 e. The van der Waals surface area contributed by atoms with Crippen molar-refractivity contribution in [2.45, 2.75) is 25.5 Å². The van der Waals surface area contributed by atoms with Gasteiger partial charge >= 0.3 is 0 Å². The van der Waals surface area contributed by atoms with Crippen LogP contribution in [0.25, 0.3) is 0 Å². The van der Waals surface area contributed by atoms with Crippen molar-refractivity contribution in [1.29, 1.82) is 0 Å². The van der Waals surface area contributed by atoms with Gasteiger partial charge in [-0.05, 0) is 37.1 Å². The summed E-state index contributed by atoms with van der Waals surface area (Å²) in [4.78, 5) is 4.09. The first-order valence-electron chi connectivity index (χ1n) is 6.86. The normalized spacial score (nSPS) is 13.2. The average Bonchev–Trinajstić information content (AvgIpc) is 2.49. The minimum Gasteiger partial charge on any atom is -0.377 e. The van der Waals surface area contributed by atoms with Gasteiger partial charge in [-0.1, -0.05) is 30.3 Å². The molecule has 1 heterocycles. The lowest BCUT2D eigenvalue weighted by molar-refractivity contribution is 0.0219. The van der Waals surface area contributed by atoms with Gasteiger partial charge in [-0.3, -0.25) is 4.98 Å². The third-order valence-corrected chi connectivity index (χ3v) is 3.46. The Morgan fingerprint density at radius 1 is 1.05 bits per heavy atom. The van der Waals surface area contributed by atoms with E-state index >= 15 is 0 Å². The second-order valence-corrected chi connectivity index (χ2v) is 5.47. The number of aromatic nitrogens is 1. The molecule has 2 rings (SSSR count). The van der Waals surface area contributed by atoms with E-state index in [1.165, 1.54) is 11.1 Å². The van der Waals surface area contributed by atoms with Crippen LogP contribution in [0, 0.1) is 0 Å². The molecule has 0 bridgehead atoms. The van der Waals surface area contributed by atoms with Crippen molar-refractivity contribution >= 4 is 0 Å². The fourth-order valence-corrected chi connectivity index (χ4v) is 2.05. The van der Waals surface area contributed by atoms with Crippen molar-refractivity contribution in [2.24, 2.45) is 0 Å². The Labute approximate surface area is 121 Å². The van der Waals surface area contributed by atoms with Gasteiger partial charge in [-0.2, -0.15) is 0 Å². The van der Waals surface area contributed by atoms with Crippen LogP contribution >= 0.6 is 0 Å². The molecule has 3 nitrogen and oxygen atoms in total. The fourth-order valence-electron chi connectivity index (χ4n) is 2.05. The number of benzene rings is 1. The molecule has 0 aliphatic carbocycles. The van der Waals surface area contributed by atoms with Crippen LogP contribution in [0.1, 0.15) is 31.0 Å². The Kier molecular flexibility index (Phi) is 4.88. The predicted octanol–water partition coefficient (Wildman–Crippen LogP) is 3.19. The SMILES string of the molecule is COC(C)(C)CNC(c1ccccc1)c1ccncc1. The van der Waals surface area contributed by atoms with Gasteiger partial charge in [-0.15, -0.1) is 0 Å². The number of methoxy groups -OCH3 is 1. The maximum absolute atomic E-state index is 5.48. The van der Waals surface area contributed by atoms with Gasteiger partial charge in [0.05, 0.1) is 11.6 Å². The number of rotatable bonds is 6. The molecule has 2 aromatic rings. The van der Waals surface area contributed by atoms with Crippen molar-refractivity contribution in [3.05, 3.63) is 66.0 Å². The van der Waals surface area contributed by atoms with Crippen molar-refractivity contribution < 1.29 is 4.74 Å². The standard InChI is InChI=1S/C17H22N2O/c1-17(2,20-3)13-19-16(14-7-5-4-6-8-14)15-9-11-18-12-10-15/h4-12,16,19H,13H2,1-3H3. The summed E-state index contributed by atoms with van der Waals surface area (Å²) in [5.41, 5.74) is 2.25. The number of hydrogen-bond acceptors (Lipinski definition) is 3. The molecule has 1 atom stereocenters. The third kappa shape index (κ3) is 3.89. The molecule has 0 aliphatic rings. The van der Waals surface area contributed by atoms with Gasteiger partial charge in [-0.25, -0.2) is 0 Å². The maximum Gasteiger partial charge on any atom is 0.0746 e. The van der Waals surface area contributed by atoms with Crippen LogP contribution in [0.4, 0.5) is 0 Å². The quantitative estimate of drug-likeness (QED) is 0.875. The van der Waals surface area contributed by atoms with Crippen molar-refractivity contribution in [1.82, 2.24) is 10.3 Å². The molecule has 0 spiro atoms. The van der Waals surface area contributed by atoms with Gasteiger partial charge < -0.3 is 10.1 Å². The lowest BCUT2D eigenvalue weighted by atomic mass is 9.98. The molecule has 106 valence electrons. The second-order valence-electron chi connectivity index (χ2n) is 5.47. The van der Waals surface area contributed by atoms with Gasteiger partial charge in [0.15, 0.2) is 0 Å². The largest absolute Gasteiger partial charge is 0.377 e. The molecular weight excluding hydrogens is 248 g/mol. The zero-order valence-corrected chi connectivity index (χ0v) is 12.3. The Bertz CT molecular complexity index is 472. The fraction of sp³-hybridized carbons (Fsp3) is 0.353. The van der Waals surface area contributed by atoms with E-state index in [4.69, 9.17) is 4.74 Å². The van der Waals surface area contributed by atoms with E-state index in [9.17, 15) is 0 Å². The van der Waals surface area contributed by atoms with E-state index in [2.05, 4.69) is 48.4 Å². The molecular formula is C17H22N2O. The Morgan fingerprint density at radius 3 is 2.25 bits per heavy atom. The summed E-state index contributed by atoms with van der Waals surface area (Å²) in [6, 6.07) is 14.7. The topological polar surface area (TPSA) is 34.1 Å². The first kappa shape index (κ1) is 14.7. The summed E-state index contributed by atoms with van der Waals surface area (Å²) in [6.45, 7) is 4.93. The van der Waals surface area contributed by atoms with Crippen LogP contribution in [0.2, 0.25) is 0 Å². The van der Waals surface area contributed by atoms with Gasteiger partial charge in [0, 0.05) is 26.0 Å². The second kappa shape index (κ2) is 6.64. The van der Waals surface area contributed by atoms with Gasteiger partial charge in [0.1, 0.15) is 0 Å². The number of nitrogens with zero attached hydrogens (tertiary/aromatic N) is 1. The minimum absolute atomic E-state index is 0.147. The minimum atomic E-state index is -0.194. The van der Waals surface area contributed by atoms with Crippen LogP contribution < -0.4 is 5.32 Å². The van der Waals surface area contributed by atoms with E-state index in [0.29, 0.717) is 0 Å². The highest BCUT2D eigenvalue weighted by atomic mass is 16.5. The number of hydrogen-bond donors (Lipinski definition) is 1. The van der Waals surface area contributed by atoms with E-state index in [1.807, 2.05) is 30.6 Å². The van der Waals surface area contributed by atoms with Crippen LogP contribution in [-0.2, 0) is 4.74 Å². The van der Waals surface area contributed by atoms with E-state index < -0.39 is 0 Å². The molecule has 1 aromatic carbocycles. The summed E-state index contributed by atoms with van der Waals surface area (Å²) in [5, 5.41) is 3.59. The van der Waals surface area contributed by atoms with E-state index in [1.54, 1.807) is 7.11 Å². The summed E-state index contributed by atoms with van der Waals surface area (Å²) in [5.74, 6) is 0. The van der Waals surface area contributed by atoms with Crippen molar-refractivity contribution in [3.63, 3.8) is 0 Å². The highest BCUT2D eigenvalue weighted by Crippen LogP contribution is 2.22. The predicted molar refractivity (Wildman–Crippen MR) is 81.6 cm³/mol. The molecule has 0 amide bonds. The highest BCUT2D eigenvalue weighted by Gasteiger charge is 2.20. The van der Waals surface area contributed by atoms with Crippen LogP contribution in [0.3, 0.4) is 0 Å². The zero-order chi connectivity index (χ0) is 14.4. The van der Waals surface area contributed by atoms with Gasteiger partial charge in [0.2, 0.25) is 0 Å². The molecule has 0 radical (unpaired) electrons. The summed E-state index contributed by atoms with van der Waals surface area (Å²) in [7, 11) is 1.74. The number of ether oxygens (including phenoxy) is 1. The average molecular weight is 270 g/mol. The van der Waals surface area contributed by atoms with E-state index in [-0.39, 0.29) is 11.6 Å². The molecule has 1 aromatic heterocycles. The van der Waals surface area contributed by atoms with Crippen LogP contribution in [-0.4, -0.2) is 24.2 Å². The molecule has 1 unspecified atom stereocenters. The Morgan fingerprint density at radius 2 is 1.65 bits per heavy atom. The van der Waals surface area contributed by atoms with E-state index in [0.717, 1.165) is 6.54 Å².